The first-order valence-corrected chi connectivity index (χ1v) is 9.92. The fourth-order valence-corrected chi connectivity index (χ4v) is 3.08. The van der Waals surface area contributed by atoms with Gasteiger partial charge in [-0.1, -0.05) is 24.3 Å². The maximum absolute atomic E-state index is 4.66. The van der Waals surface area contributed by atoms with E-state index in [1.807, 2.05) is 28.8 Å². The number of guanidine groups is 1. The summed E-state index contributed by atoms with van der Waals surface area (Å²) < 4.78 is 1.96. The van der Waals surface area contributed by atoms with E-state index in [0.29, 0.717) is 6.54 Å². The Bertz CT molecular complexity index is 879. The largest absolute Gasteiger partial charge is 0.372 e. The van der Waals surface area contributed by atoms with Gasteiger partial charge in [-0.3, -0.25) is 4.40 Å². The number of pyridine rings is 1. The summed E-state index contributed by atoms with van der Waals surface area (Å²) in [6.07, 6.45) is 2.99. The minimum absolute atomic E-state index is 0. The molecule has 7 nitrogen and oxygen atoms in total. The number of anilines is 1. The van der Waals surface area contributed by atoms with Gasteiger partial charge in [0.05, 0.1) is 0 Å². The second-order valence-corrected chi connectivity index (χ2v) is 6.44. The quantitative estimate of drug-likeness (QED) is 0.201. The summed E-state index contributed by atoms with van der Waals surface area (Å²) in [5, 5.41) is 15.1. The number of fused-ring (bicyclic) bond motifs is 1. The summed E-state index contributed by atoms with van der Waals surface area (Å²) in [5.41, 5.74) is 2.11. The Morgan fingerprint density at radius 2 is 1.83 bits per heavy atom. The Hall–Kier alpha value is -2.36. The molecule has 0 aliphatic carbocycles. The summed E-state index contributed by atoms with van der Waals surface area (Å²) in [5.74, 6) is 1.63. The number of aliphatic imine (C=N–C) groups is 1. The SMILES string of the molecule is CCNC(=NCc1nnc2ccccn12)NCCCN(CC)c1ccccc1.I. The van der Waals surface area contributed by atoms with Crippen molar-refractivity contribution in [1.82, 2.24) is 25.2 Å². The van der Waals surface area contributed by atoms with E-state index in [1.165, 1.54) is 5.69 Å². The molecular formula is C21H30IN7. The molecule has 0 radical (unpaired) electrons. The predicted octanol–water partition coefficient (Wildman–Crippen LogP) is 3.32. The third-order valence-corrected chi connectivity index (χ3v) is 4.51. The van der Waals surface area contributed by atoms with Crippen LogP contribution < -0.4 is 15.5 Å². The molecule has 2 aromatic heterocycles. The monoisotopic (exact) mass is 507 g/mol. The van der Waals surface area contributed by atoms with Crippen molar-refractivity contribution in [3.8, 4) is 0 Å². The standard InChI is InChI=1S/C21H29N7.HI/c1-3-22-21(24-17-20-26-25-19-13-8-9-16-28(19)20)23-14-10-15-27(4-2)18-11-6-5-7-12-18;/h5-9,11-13,16H,3-4,10,14-15,17H2,1-2H3,(H2,22,23,24);1H. The Labute approximate surface area is 189 Å². The van der Waals surface area contributed by atoms with Crippen LogP contribution in [0.1, 0.15) is 26.1 Å². The third kappa shape index (κ3) is 6.59. The lowest BCUT2D eigenvalue weighted by atomic mass is 10.2. The van der Waals surface area contributed by atoms with Crippen molar-refractivity contribution in [3.05, 3.63) is 60.6 Å². The zero-order valence-electron chi connectivity index (χ0n) is 17.1. The van der Waals surface area contributed by atoms with Crippen molar-refractivity contribution in [2.45, 2.75) is 26.8 Å². The van der Waals surface area contributed by atoms with Crippen molar-refractivity contribution < 1.29 is 0 Å². The molecule has 156 valence electrons. The molecule has 1 aromatic carbocycles. The molecule has 8 heteroatoms. The number of hydrogen-bond donors (Lipinski definition) is 2. The van der Waals surface area contributed by atoms with Gasteiger partial charge in [-0.15, -0.1) is 34.2 Å². The van der Waals surface area contributed by atoms with Gasteiger partial charge in [-0.05, 0) is 44.5 Å². The predicted molar refractivity (Wildman–Crippen MR) is 130 cm³/mol. The number of hydrogen-bond acceptors (Lipinski definition) is 4. The zero-order chi connectivity index (χ0) is 19.6. The minimum Gasteiger partial charge on any atom is -0.372 e. The van der Waals surface area contributed by atoms with Crippen LogP contribution in [0.2, 0.25) is 0 Å². The lowest BCUT2D eigenvalue weighted by molar-refractivity contribution is 0.707. The molecule has 0 atom stereocenters. The van der Waals surface area contributed by atoms with Gasteiger partial charge in [0.2, 0.25) is 0 Å². The summed E-state index contributed by atoms with van der Waals surface area (Å²) in [7, 11) is 0. The summed E-state index contributed by atoms with van der Waals surface area (Å²) >= 11 is 0. The average Bonchev–Trinajstić information content (AvgIpc) is 3.16. The molecule has 0 aliphatic rings. The number of rotatable bonds is 9. The molecule has 0 amide bonds. The van der Waals surface area contributed by atoms with E-state index < -0.39 is 0 Å². The first-order valence-electron chi connectivity index (χ1n) is 9.92. The van der Waals surface area contributed by atoms with Gasteiger partial charge in [0.15, 0.2) is 17.4 Å². The van der Waals surface area contributed by atoms with E-state index in [9.17, 15) is 0 Å². The fraction of sp³-hybridized carbons (Fsp3) is 0.381. The van der Waals surface area contributed by atoms with Crippen LogP contribution in [-0.4, -0.2) is 46.7 Å². The highest BCUT2D eigenvalue weighted by Gasteiger charge is 2.06. The highest BCUT2D eigenvalue weighted by molar-refractivity contribution is 14.0. The van der Waals surface area contributed by atoms with Crippen LogP contribution in [0, 0.1) is 0 Å². The van der Waals surface area contributed by atoms with Crippen LogP contribution >= 0.6 is 24.0 Å². The van der Waals surface area contributed by atoms with Crippen LogP contribution in [0.5, 0.6) is 0 Å². The minimum atomic E-state index is 0. The van der Waals surface area contributed by atoms with Crippen molar-refractivity contribution in [3.63, 3.8) is 0 Å². The van der Waals surface area contributed by atoms with E-state index in [2.05, 4.69) is 74.9 Å². The molecule has 2 N–H and O–H groups in total. The lowest BCUT2D eigenvalue weighted by Crippen LogP contribution is -2.38. The Morgan fingerprint density at radius 1 is 1.03 bits per heavy atom. The Balaban J connectivity index is 0.00000300. The van der Waals surface area contributed by atoms with Gasteiger partial charge in [-0.2, -0.15) is 0 Å². The number of benzene rings is 1. The molecule has 0 aliphatic heterocycles. The van der Waals surface area contributed by atoms with Crippen LogP contribution in [0.15, 0.2) is 59.7 Å². The molecular weight excluding hydrogens is 477 g/mol. The molecule has 0 unspecified atom stereocenters. The summed E-state index contributed by atoms with van der Waals surface area (Å²) in [6.45, 7) is 8.41. The number of halogens is 1. The van der Waals surface area contributed by atoms with Gasteiger partial charge >= 0.3 is 0 Å². The first kappa shape index (κ1) is 22.9. The van der Waals surface area contributed by atoms with E-state index >= 15 is 0 Å². The number of aromatic nitrogens is 3. The normalized spacial score (nSPS) is 11.2. The van der Waals surface area contributed by atoms with Gasteiger partial charge in [0, 0.05) is 38.1 Å². The van der Waals surface area contributed by atoms with Gasteiger partial charge in [0.25, 0.3) is 0 Å². The Morgan fingerprint density at radius 3 is 2.59 bits per heavy atom. The van der Waals surface area contributed by atoms with E-state index in [1.54, 1.807) is 0 Å². The van der Waals surface area contributed by atoms with Crippen LogP contribution in [0.3, 0.4) is 0 Å². The smallest absolute Gasteiger partial charge is 0.191 e. The highest BCUT2D eigenvalue weighted by atomic mass is 127. The molecule has 0 spiro atoms. The maximum Gasteiger partial charge on any atom is 0.191 e. The van der Waals surface area contributed by atoms with Gasteiger partial charge < -0.3 is 15.5 Å². The second kappa shape index (κ2) is 12.3. The van der Waals surface area contributed by atoms with Crippen molar-refractivity contribution in [2.24, 2.45) is 4.99 Å². The zero-order valence-corrected chi connectivity index (χ0v) is 19.4. The Kier molecular flexibility index (Phi) is 9.69. The molecule has 0 saturated heterocycles. The number of nitrogens with one attached hydrogen (secondary N) is 2. The van der Waals surface area contributed by atoms with Crippen molar-refractivity contribution in [2.75, 3.05) is 31.1 Å². The third-order valence-electron chi connectivity index (χ3n) is 4.51. The highest BCUT2D eigenvalue weighted by Crippen LogP contribution is 2.12. The van der Waals surface area contributed by atoms with Gasteiger partial charge in [-0.25, -0.2) is 4.99 Å². The lowest BCUT2D eigenvalue weighted by Gasteiger charge is -2.23. The topological polar surface area (TPSA) is 69.8 Å². The van der Waals surface area contributed by atoms with Crippen molar-refractivity contribution >= 4 is 41.3 Å². The van der Waals surface area contributed by atoms with E-state index in [4.69, 9.17) is 0 Å². The molecule has 3 aromatic rings. The van der Waals surface area contributed by atoms with Gasteiger partial charge in [0.1, 0.15) is 6.54 Å². The second-order valence-electron chi connectivity index (χ2n) is 6.44. The number of para-hydroxylation sites is 1. The molecule has 3 rings (SSSR count). The molecule has 0 saturated carbocycles. The number of nitrogens with zero attached hydrogens (tertiary/aromatic N) is 5. The van der Waals surface area contributed by atoms with E-state index in [-0.39, 0.29) is 24.0 Å². The summed E-state index contributed by atoms with van der Waals surface area (Å²) in [4.78, 5) is 7.04. The molecule has 0 fully saturated rings. The van der Waals surface area contributed by atoms with Crippen molar-refractivity contribution in [1.29, 1.82) is 0 Å². The average molecular weight is 507 g/mol. The molecule has 2 heterocycles. The van der Waals surface area contributed by atoms with Crippen LogP contribution in [0.25, 0.3) is 5.65 Å². The first-order chi connectivity index (χ1) is 13.8. The van der Waals surface area contributed by atoms with Crippen LogP contribution in [0.4, 0.5) is 5.69 Å². The molecule has 0 bridgehead atoms. The molecule has 29 heavy (non-hydrogen) atoms. The fourth-order valence-electron chi connectivity index (χ4n) is 3.08. The maximum atomic E-state index is 4.66. The summed E-state index contributed by atoms with van der Waals surface area (Å²) in [6, 6.07) is 16.4. The van der Waals surface area contributed by atoms with Crippen LogP contribution in [-0.2, 0) is 6.54 Å². The van der Waals surface area contributed by atoms with E-state index in [0.717, 1.165) is 50.0 Å².